The predicted octanol–water partition coefficient (Wildman–Crippen LogP) is 2.83. The van der Waals surface area contributed by atoms with Gasteiger partial charge in [-0.3, -0.25) is 0 Å². The van der Waals surface area contributed by atoms with E-state index in [-0.39, 0.29) is 11.7 Å². The summed E-state index contributed by atoms with van der Waals surface area (Å²) in [6.45, 7) is 2.44. The van der Waals surface area contributed by atoms with Crippen LogP contribution in [-0.2, 0) is 4.79 Å². The Hall–Kier alpha value is -1.02. The molecular formula is C11H12ClNO. The van der Waals surface area contributed by atoms with Gasteiger partial charge in [0.15, 0.2) is 0 Å². The Balaban J connectivity index is 2.33. The van der Waals surface area contributed by atoms with Gasteiger partial charge in [0.25, 0.3) is 0 Å². The molecule has 0 spiro atoms. The van der Waals surface area contributed by atoms with Crippen LogP contribution >= 0.6 is 11.6 Å². The molecule has 1 N–H and O–H groups in total. The number of hydrogen-bond donors (Lipinski definition) is 1. The summed E-state index contributed by atoms with van der Waals surface area (Å²) in [4.78, 5) is 11.0. The summed E-state index contributed by atoms with van der Waals surface area (Å²) in [5.41, 5.74) is 2.17. The van der Waals surface area contributed by atoms with Crippen molar-refractivity contribution in [2.45, 2.75) is 19.3 Å². The normalized spacial score (nSPS) is 18.9. The van der Waals surface area contributed by atoms with E-state index in [9.17, 15) is 4.79 Å². The van der Waals surface area contributed by atoms with Gasteiger partial charge in [-0.1, -0.05) is 17.7 Å². The highest BCUT2D eigenvalue weighted by atomic mass is 35.5. The summed E-state index contributed by atoms with van der Waals surface area (Å²) in [7, 11) is 0. The first kappa shape index (κ1) is 9.53. The maximum absolute atomic E-state index is 11.0. The highest BCUT2D eigenvalue weighted by Gasteiger charge is 2.25. The van der Waals surface area contributed by atoms with Gasteiger partial charge >= 0.3 is 0 Å². The van der Waals surface area contributed by atoms with E-state index in [1.54, 1.807) is 6.92 Å². The van der Waals surface area contributed by atoms with Gasteiger partial charge in [-0.25, -0.2) is 0 Å². The molecule has 1 aliphatic rings. The van der Waals surface area contributed by atoms with Gasteiger partial charge in [0.1, 0.15) is 5.78 Å². The number of hydrogen-bond acceptors (Lipinski definition) is 2. The monoisotopic (exact) mass is 209 g/mol. The molecule has 2 nitrogen and oxygen atoms in total. The molecule has 1 unspecified atom stereocenters. The van der Waals surface area contributed by atoms with E-state index in [4.69, 9.17) is 11.6 Å². The Morgan fingerprint density at radius 3 is 3.14 bits per heavy atom. The number of benzene rings is 1. The molecule has 74 valence electrons. The standard InChI is InChI=1S/C11H12ClNO/c1-7(14)5-8-6-13-10-4-2-3-9(12)11(8)10/h2-4,8,13H,5-6H2,1H3. The number of anilines is 1. The fourth-order valence-corrected chi connectivity index (χ4v) is 2.29. The molecule has 1 aromatic rings. The zero-order valence-corrected chi connectivity index (χ0v) is 8.77. The van der Waals surface area contributed by atoms with Crippen molar-refractivity contribution in [3.05, 3.63) is 28.8 Å². The summed E-state index contributed by atoms with van der Waals surface area (Å²) in [5.74, 6) is 0.459. The average molecular weight is 210 g/mol. The van der Waals surface area contributed by atoms with Crippen molar-refractivity contribution in [3.63, 3.8) is 0 Å². The number of carbonyl (C=O) groups excluding carboxylic acids is 1. The minimum Gasteiger partial charge on any atom is -0.384 e. The topological polar surface area (TPSA) is 29.1 Å². The van der Waals surface area contributed by atoms with E-state index in [1.807, 2.05) is 18.2 Å². The zero-order valence-electron chi connectivity index (χ0n) is 8.01. The van der Waals surface area contributed by atoms with E-state index in [0.29, 0.717) is 6.42 Å². The summed E-state index contributed by atoms with van der Waals surface area (Å²) < 4.78 is 0. The first-order valence-electron chi connectivity index (χ1n) is 4.70. The zero-order chi connectivity index (χ0) is 10.1. The van der Waals surface area contributed by atoms with E-state index < -0.39 is 0 Å². The molecule has 1 aliphatic heterocycles. The molecule has 0 saturated heterocycles. The van der Waals surface area contributed by atoms with Gasteiger partial charge in [-0.15, -0.1) is 0 Å². The molecule has 0 aliphatic carbocycles. The Labute approximate surface area is 88.3 Å². The van der Waals surface area contributed by atoms with Crippen LogP contribution < -0.4 is 5.32 Å². The Morgan fingerprint density at radius 2 is 2.43 bits per heavy atom. The molecule has 0 aromatic heterocycles. The second-order valence-electron chi connectivity index (χ2n) is 3.69. The van der Waals surface area contributed by atoms with Crippen molar-refractivity contribution in [1.82, 2.24) is 0 Å². The smallest absolute Gasteiger partial charge is 0.130 e. The molecule has 0 bridgehead atoms. The molecular weight excluding hydrogens is 198 g/mol. The maximum Gasteiger partial charge on any atom is 0.130 e. The fourth-order valence-electron chi connectivity index (χ4n) is 1.96. The molecule has 3 heteroatoms. The number of rotatable bonds is 2. The lowest BCUT2D eigenvalue weighted by molar-refractivity contribution is -0.117. The Kier molecular flexibility index (Phi) is 2.46. The number of halogens is 1. The lowest BCUT2D eigenvalue weighted by atomic mass is 9.96. The summed E-state index contributed by atoms with van der Waals surface area (Å²) in [5, 5.41) is 4.02. The molecule has 1 heterocycles. The molecule has 0 fully saturated rings. The minimum atomic E-state index is 0.213. The Morgan fingerprint density at radius 1 is 1.64 bits per heavy atom. The quantitative estimate of drug-likeness (QED) is 0.812. The highest BCUT2D eigenvalue weighted by Crippen LogP contribution is 2.38. The molecule has 1 aromatic carbocycles. The highest BCUT2D eigenvalue weighted by molar-refractivity contribution is 6.32. The van der Waals surface area contributed by atoms with Crippen molar-refractivity contribution in [2.75, 3.05) is 11.9 Å². The van der Waals surface area contributed by atoms with Crippen LogP contribution in [0.2, 0.25) is 5.02 Å². The summed E-state index contributed by atoms with van der Waals surface area (Å²) in [6.07, 6.45) is 0.573. The SMILES string of the molecule is CC(=O)CC1CNc2cccc(Cl)c21. The van der Waals surface area contributed by atoms with Crippen LogP contribution in [0.4, 0.5) is 5.69 Å². The van der Waals surface area contributed by atoms with Gasteiger partial charge in [0.2, 0.25) is 0 Å². The maximum atomic E-state index is 11.0. The third kappa shape index (κ3) is 1.62. The molecule has 0 amide bonds. The van der Waals surface area contributed by atoms with Crippen molar-refractivity contribution < 1.29 is 4.79 Å². The summed E-state index contributed by atoms with van der Waals surface area (Å²) in [6, 6.07) is 5.80. The third-order valence-electron chi connectivity index (χ3n) is 2.53. The molecule has 14 heavy (non-hydrogen) atoms. The Bertz CT molecular complexity index is 376. The molecule has 0 saturated carbocycles. The van der Waals surface area contributed by atoms with Crippen LogP contribution in [0.3, 0.4) is 0 Å². The van der Waals surface area contributed by atoms with Crippen LogP contribution in [0.5, 0.6) is 0 Å². The largest absolute Gasteiger partial charge is 0.384 e. The van der Waals surface area contributed by atoms with Gasteiger partial charge in [0.05, 0.1) is 0 Å². The van der Waals surface area contributed by atoms with Crippen molar-refractivity contribution in [1.29, 1.82) is 0 Å². The lowest BCUT2D eigenvalue weighted by Crippen LogP contribution is -2.06. The van der Waals surface area contributed by atoms with Gasteiger partial charge in [-0.2, -0.15) is 0 Å². The average Bonchev–Trinajstić information content (AvgIpc) is 2.49. The van der Waals surface area contributed by atoms with Crippen molar-refractivity contribution >= 4 is 23.1 Å². The molecule has 0 radical (unpaired) electrons. The van der Waals surface area contributed by atoms with Crippen molar-refractivity contribution in [2.24, 2.45) is 0 Å². The number of carbonyl (C=O) groups is 1. The number of nitrogens with one attached hydrogen (secondary N) is 1. The third-order valence-corrected chi connectivity index (χ3v) is 2.86. The van der Waals surface area contributed by atoms with Gasteiger partial charge < -0.3 is 10.1 Å². The van der Waals surface area contributed by atoms with Crippen LogP contribution in [-0.4, -0.2) is 12.3 Å². The van der Waals surface area contributed by atoms with E-state index in [0.717, 1.165) is 22.8 Å². The minimum absolute atomic E-state index is 0.213. The summed E-state index contributed by atoms with van der Waals surface area (Å²) >= 11 is 6.10. The lowest BCUT2D eigenvalue weighted by Gasteiger charge is -2.08. The van der Waals surface area contributed by atoms with Crippen molar-refractivity contribution in [3.8, 4) is 0 Å². The first-order valence-corrected chi connectivity index (χ1v) is 5.08. The number of ketones is 1. The van der Waals surface area contributed by atoms with E-state index in [2.05, 4.69) is 5.32 Å². The first-order chi connectivity index (χ1) is 6.68. The van der Waals surface area contributed by atoms with Crippen LogP contribution in [0, 0.1) is 0 Å². The fraction of sp³-hybridized carbons (Fsp3) is 0.364. The van der Waals surface area contributed by atoms with E-state index in [1.165, 1.54) is 0 Å². The van der Waals surface area contributed by atoms with Crippen LogP contribution in [0.25, 0.3) is 0 Å². The van der Waals surface area contributed by atoms with E-state index >= 15 is 0 Å². The predicted molar refractivity (Wildman–Crippen MR) is 58.0 cm³/mol. The van der Waals surface area contributed by atoms with Gasteiger partial charge in [-0.05, 0) is 24.6 Å². The van der Waals surface area contributed by atoms with Crippen LogP contribution in [0.1, 0.15) is 24.8 Å². The molecule has 1 atom stereocenters. The van der Waals surface area contributed by atoms with Gasteiger partial charge in [0, 0.05) is 29.6 Å². The second kappa shape index (κ2) is 3.62. The van der Waals surface area contributed by atoms with Crippen LogP contribution in [0.15, 0.2) is 18.2 Å². The molecule has 2 rings (SSSR count). The number of fused-ring (bicyclic) bond motifs is 1. The second-order valence-corrected chi connectivity index (χ2v) is 4.09. The number of Topliss-reactive ketones (excluding diaryl/α,β-unsaturated/α-hetero) is 1.